The summed E-state index contributed by atoms with van der Waals surface area (Å²) in [7, 11) is 0. The fourth-order valence-corrected chi connectivity index (χ4v) is 2.63. The van der Waals surface area contributed by atoms with E-state index in [1.807, 2.05) is 10.9 Å². The largest absolute Gasteiger partial charge is 0.298 e. The highest BCUT2D eigenvalue weighted by Crippen LogP contribution is 2.27. The number of carbonyl (C=O) groups excluding carboxylic acids is 1. The van der Waals surface area contributed by atoms with Crippen molar-refractivity contribution in [2.75, 3.05) is 0 Å². The summed E-state index contributed by atoms with van der Waals surface area (Å²) in [5.74, 6) is 0. The van der Waals surface area contributed by atoms with Crippen LogP contribution in [-0.2, 0) is 0 Å². The van der Waals surface area contributed by atoms with Gasteiger partial charge < -0.3 is 0 Å². The molecule has 0 aliphatic heterocycles. The smallest absolute Gasteiger partial charge is 0.153 e. The lowest BCUT2D eigenvalue weighted by molar-refractivity contribution is 0.112. The van der Waals surface area contributed by atoms with Gasteiger partial charge in [0.2, 0.25) is 0 Å². The van der Waals surface area contributed by atoms with E-state index in [1.165, 1.54) is 5.56 Å². The van der Waals surface area contributed by atoms with E-state index in [-0.39, 0.29) is 0 Å². The number of aromatic nitrogens is 2. The molecule has 0 unspecified atom stereocenters. The summed E-state index contributed by atoms with van der Waals surface area (Å²) >= 11 is 0. The summed E-state index contributed by atoms with van der Waals surface area (Å²) in [4.78, 5) is 11.3. The molecule has 3 nitrogen and oxygen atoms in total. The van der Waals surface area contributed by atoms with Crippen molar-refractivity contribution in [2.45, 2.75) is 46.6 Å². The van der Waals surface area contributed by atoms with Crippen LogP contribution in [0.15, 0.2) is 24.4 Å². The molecule has 0 radical (unpaired) electrons. The van der Waals surface area contributed by atoms with E-state index in [0.29, 0.717) is 11.6 Å². The van der Waals surface area contributed by atoms with Gasteiger partial charge in [-0.2, -0.15) is 5.10 Å². The van der Waals surface area contributed by atoms with E-state index >= 15 is 0 Å². The summed E-state index contributed by atoms with van der Waals surface area (Å²) in [5, 5.41) is 4.67. The van der Waals surface area contributed by atoms with Gasteiger partial charge in [0.15, 0.2) is 6.29 Å². The van der Waals surface area contributed by atoms with E-state index in [1.54, 1.807) is 0 Å². The molecule has 1 aromatic carbocycles. The van der Waals surface area contributed by atoms with Crippen LogP contribution < -0.4 is 0 Å². The molecular formula is C17H22N2O. The third-order valence-corrected chi connectivity index (χ3v) is 3.84. The first-order valence-electron chi connectivity index (χ1n) is 7.22. The van der Waals surface area contributed by atoms with Crippen LogP contribution in [0.5, 0.6) is 0 Å². The normalized spacial score (nSPS) is 11.1. The van der Waals surface area contributed by atoms with Crippen LogP contribution in [0.3, 0.4) is 0 Å². The number of hydrogen-bond acceptors (Lipinski definition) is 2. The lowest BCUT2D eigenvalue weighted by atomic mass is 10.0. The second-order valence-corrected chi connectivity index (χ2v) is 5.32. The summed E-state index contributed by atoms with van der Waals surface area (Å²) in [6, 6.07) is 6.60. The number of carbonyl (C=O) groups is 1. The molecule has 0 saturated heterocycles. The second kappa shape index (κ2) is 6.04. The lowest BCUT2D eigenvalue weighted by Crippen LogP contribution is -2.07. The molecule has 2 aromatic rings. The Labute approximate surface area is 120 Å². The van der Waals surface area contributed by atoms with Gasteiger partial charge in [-0.1, -0.05) is 37.6 Å². The molecule has 0 amide bonds. The maximum Gasteiger partial charge on any atom is 0.153 e. The van der Waals surface area contributed by atoms with Crippen molar-refractivity contribution in [2.24, 2.45) is 0 Å². The SMILES string of the molecule is CCC(CC)n1cc(C=O)c(-c2ccc(C)cc2C)n1. The molecule has 0 atom stereocenters. The molecule has 0 fully saturated rings. The van der Waals surface area contributed by atoms with Crippen molar-refractivity contribution in [3.63, 3.8) is 0 Å². The predicted octanol–water partition coefficient (Wildman–Crippen LogP) is 4.34. The minimum atomic E-state index is 0.355. The number of aldehydes is 1. The summed E-state index contributed by atoms with van der Waals surface area (Å²) in [6.07, 6.45) is 4.81. The van der Waals surface area contributed by atoms with Crippen molar-refractivity contribution in [3.8, 4) is 11.3 Å². The number of hydrogen-bond donors (Lipinski definition) is 0. The molecule has 3 heteroatoms. The van der Waals surface area contributed by atoms with Crippen LogP contribution in [-0.4, -0.2) is 16.1 Å². The fraction of sp³-hybridized carbons (Fsp3) is 0.412. The topological polar surface area (TPSA) is 34.9 Å². The van der Waals surface area contributed by atoms with Gasteiger partial charge >= 0.3 is 0 Å². The standard InChI is InChI=1S/C17H22N2O/c1-5-15(6-2)19-10-14(11-20)17(18-19)16-8-7-12(3)9-13(16)4/h7-11,15H,5-6H2,1-4H3. The van der Waals surface area contributed by atoms with E-state index in [4.69, 9.17) is 0 Å². The van der Waals surface area contributed by atoms with Crippen molar-refractivity contribution < 1.29 is 4.79 Å². The maximum absolute atomic E-state index is 11.3. The fourth-order valence-electron chi connectivity index (χ4n) is 2.63. The van der Waals surface area contributed by atoms with Crippen molar-refractivity contribution >= 4 is 6.29 Å². The predicted molar refractivity (Wildman–Crippen MR) is 82.1 cm³/mol. The highest BCUT2D eigenvalue weighted by Gasteiger charge is 2.16. The van der Waals surface area contributed by atoms with Gasteiger partial charge in [-0.05, 0) is 32.3 Å². The first-order chi connectivity index (χ1) is 9.60. The number of benzene rings is 1. The Morgan fingerprint density at radius 1 is 1.25 bits per heavy atom. The van der Waals surface area contributed by atoms with Gasteiger partial charge in [0.1, 0.15) is 5.69 Å². The maximum atomic E-state index is 11.3. The molecule has 0 saturated carbocycles. The summed E-state index contributed by atoms with van der Waals surface area (Å²) in [5.41, 5.74) is 4.89. The van der Waals surface area contributed by atoms with Crippen LogP contribution in [0.2, 0.25) is 0 Å². The van der Waals surface area contributed by atoms with Gasteiger partial charge in [-0.15, -0.1) is 0 Å². The molecule has 0 spiro atoms. The molecule has 0 bridgehead atoms. The third-order valence-electron chi connectivity index (χ3n) is 3.84. The van der Waals surface area contributed by atoms with Crippen LogP contribution in [0.1, 0.15) is 54.2 Å². The van der Waals surface area contributed by atoms with Gasteiger partial charge in [-0.3, -0.25) is 9.48 Å². The third kappa shape index (κ3) is 2.67. The Balaban J connectivity index is 2.53. The molecule has 1 heterocycles. The van der Waals surface area contributed by atoms with Crippen molar-refractivity contribution in [3.05, 3.63) is 41.1 Å². The van der Waals surface area contributed by atoms with Crippen LogP contribution in [0.4, 0.5) is 0 Å². The van der Waals surface area contributed by atoms with Gasteiger partial charge in [0.25, 0.3) is 0 Å². The van der Waals surface area contributed by atoms with E-state index < -0.39 is 0 Å². The van der Waals surface area contributed by atoms with Gasteiger partial charge in [0.05, 0.1) is 11.6 Å². The Hall–Kier alpha value is -1.90. The molecule has 0 aliphatic rings. The quantitative estimate of drug-likeness (QED) is 0.757. The lowest BCUT2D eigenvalue weighted by Gasteiger charge is -2.12. The molecule has 20 heavy (non-hydrogen) atoms. The Morgan fingerprint density at radius 2 is 1.95 bits per heavy atom. The molecule has 0 aliphatic carbocycles. The minimum absolute atomic E-state index is 0.355. The van der Waals surface area contributed by atoms with Crippen molar-refractivity contribution in [1.29, 1.82) is 0 Å². The first-order valence-corrected chi connectivity index (χ1v) is 7.22. The van der Waals surface area contributed by atoms with E-state index in [9.17, 15) is 4.79 Å². The zero-order valence-corrected chi connectivity index (χ0v) is 12.7. The summed E-state index contributed by atoms with van der Waals surface area (Å²) < 4.78 is 1.94. The Kier molecular flexibility index (Phi) is 4.38. The zero-order valence-electron chi connectivity index (χ0n) is 12.7. The summed E-state index contributed by atoms with van der Waals surface area (Å²) in [6.45, 7) is 8.42. The van der Waals surface area contributed by atoms with Gasteiger partial charge in [-0.25, -0.2) is 0 Å². The van der Waals surface area contributed by atoms with E-state index in [0.717, 1.165) is 35.9 Å². The molecular weight excluding hydrogens is 248 g/mol. The average molecular weight is 270 g/mol. The van der Waals surface area contributed by atoms with E-state index in [2.05, 4.69) is 51.0 Å². The minimum Gasteiger partial charge on any atom is -0.298 e. The molecule has 0 N–H and O–H groups in total. The monoisotopic (exact) mass is 270 g/mol. The Bertz CT molecular complexity index is 609. The van der Waals surface area contributed by atoms with Crippen LogP contribution in [0, 0.1) is 13.8 Å². The molecule has 1 aromatic heterocycles. The highest BCUT2D eigenvalue weighted by molar-refractivity contribution is 5.86. The molecule has 106 valence electrons. The molecule has 2 rings (SSSR count). The van der Waals surface area contributed by atoms with Crippen LogP contribution >= 0.6 is 0 Å². The number of aryl methyl sites for hydroxylation is 2. The number of rotatable bonds is 5. The van der Waals surface area contributed by atoms with Gasteiger partial charge in [0, 0.05) is 11.8 Å². The van der Waals surface area contributed by atoms with Crippen molar-refractivity contribution in [1.82, 2.24) is 9.78 Å². The highest BCUT2D eigenvalue weighted by atomic mass is 16.1. The zero-order chi connectivity index (χ0) is 14.7. The van der Waals surface area contributed by atoms with Crippen LogP contribution in [0.25, 0.3) is 11.3 Å². The first kappa shape index (κ1) is 14.5. The second-order valence-electron chi connectivity index (χ2n) is 5.32. The Morgan fingerprint density at radius 3 is 2.50 bits per heavy atom. The number of nitrogens with zero attached hydrogens (tertiary/aromatic N) is 2. The average Bonchev–Trinajstić information content (AvgIpc) is 2.84.